The second kappa shape index (κ2) is 12.6. The molecule has 9 heteroatoms. The summed E-state index contributed by atoms with van der Waals surface area (Å²) in [5, 5.41) is 0. The summed E-state index contributed by atoms with van der Waals surface area (Å²) in [6.45, 7) is 18.6. The van der Waals surface area contributed by atoms with Gasteiger partial charge in [0, 0.05) is 0 Å². The van der Waals surface area contributed by atoms with Crippen molar-refractivity contribution in [2.75, 3.05) is 0 Å². The highest BCUT2D eigenvalue weighted by molar-refractivity contribution is 7.97. The maximum atomic E-state index is 9.75. The van der Waals surface area contributed by atoms with E-state index in [0.717, 1.165) is 17.2 Å². The Hall–Kier alpha value is -2.81. The fraction of sp³-hybridized carbons (Fsp3) is 0.400. The van der Waals surface area contributed by atoms with E-state index in [2.05, 4.69) is 135 Å². The van der Waals surface area contributed by atoms with Crippen LogP contribution in [-0.4, -0.2) is 24.1 Å². The van der Waals surface area contributed by atoms with Crippen molar-refractivity contribution in [1.82, 2.24) is 0 Å². The van der Waals surface area contributed by atoms with Crippen LogP contribution < -0.4 is 14.2 Å². The minimum atomic E-state index is -6.00. The van der Waals surface area contributed by atoms with Crippen molar-refractivity contribution in [2.24, 2.45) is 0 Å². The van der Waals surface area contributed by atoms with Gasteiger partial charge in [0.2, 0.25) is 0 Å². The SMILES string of the molecule is CC(C)(C)Oc1ccc([S+](c2ccc(OC(C)(C)C)cc2)c2ccc(OC(C)(C)C)cc2)cc1.F[B-](F)(F)F. The van der Waals surface area contributed by atoms with Gasteiger partial charge in [0.15, 0.2) is 14.7 Å². The van der Waals surface area contributed by atoms with Gasteiger partial charge in [-0.05, 0) is 135 Å². The Kier molecular flexibility index (Phi) is 10.5. The monoisotopic (exact) mass is 566 g/mol. The summed E-state index contributed by atoms with van der Waals surface area (Å²) in [5.74, 6) is 2.63. The maximum Gasteiger partial charge on any atom is 0.673 e. The van der Waals surface area contributed by atoms with E-state index in [-0.39, 0.29) is 27.7 Å². The van der Waals surface area contributed by atoms with Crippen LogP contribution in [0.2, 0.25) is 0 Å². The van der Waals surface area contributed by atoms with Crippen LogP contribution in [0.25, 0.3) is 0 Å². The Labute approximate surface area is 233 Å². The first-order valence-electron chi connectivity index (χ1n) is 12.7. The van der Waals surface area contributed by atoms with Gasteiger partial charge in [-0.1, -0.05) is 0 Å². The van der Waals surface area contributed by atoms with Crippen LogP contribution in [-0.2, 0) is 10.9 Å². The quantitative estimate of drug-likeness (QED) is 0.169. The molecule has 0 N–H and O–H groups in total. The molecule has 39 heavy (non-hydrogen) atoms. The average molecular weight is 567 g/mol. The maximum absolute atomic E-state index is 9.75. The highest BCUT2D eigenvalue weighted by Gasteiger charge is 2.29. The Morgan fingerprint density at radius 1 is 0.436 bits per heavy atom. The highest BCUT2D eigenvalue weighted by Crippen LogP contribution is 2.35. The molecular formula is C30H39BF4O3S. The molecule has 0 radical (unpaired) electrons. The Morgan fingerprint density at radius 3 is 0.769 bits per heavy atom. The molecule has 0 heterocycles. The zero-order chi connectivity index (χ0) is 29.6. The molecule has 3 aromatic rings. The van der Waals surface area contributed by atoms with Crippen LogP contribution in [0.4, 0.5) is 17.3 Å². The van der Waals surface area contributed by atoms with Gasteiger partial charge in [-0.25, -0.2) is 0 Å². The summed E-state index contributed by atoms with van der Waals surface area (Å²) in [6, 6.07) is 25.4. The van der Waals surface area contributed by atoms with Crippen molar-refractivity contribution in [1.29, 1.82) is 0 Å². The standard InChI is InChI=1S/C30H39O3S.BF4/c1-28(2,3)31-22-10-16-25(17-11-22)34(26-18-12-23(13-19-26)32-29(4,5)6)27-20-14-24(15-21-27)33-30(7,8)9;2-1(3,4)5/h10-21H,1-9H3;/q+1;-1. The van der Waals surface area contributed by atoms with E-state index in [1.165, 1.54) is 14.7 Å². The first-order valence-corrected chi connectivity index (χ1v) is 13.9. The van der Waals surface area contributed by atoms with Crippen LogP contribution in [0.15, 0.2) is 87.5 Å². The van der Waals surface area contributed by atoms with E-state index in [1.54, 1.807) is 0 Å². The van der Waals surface area contributed by atoms with E-state index < -0.39 is 7.25 Å². The summed E-state index contributed by atoms with van der Waals surface area (Å²) in [4.78, 5) is 3.70. The van der Waals surface area contributed by atoms with Crippen molar-refractivity contribution in [2.45, 2.75) is 93.8 Å². The zero-order valence-electron chi connectivity index (χ0n) is 24.2. The van der Waals surface area contributed by atoms with Gasteiger partial charge in [-0.2, -0.15) is 0 Å². The first-order chi connectivity index (χ1) is 17.7. The molecule has 0 saturated heterocycles. The normalized spacial score (nSPS) is 12.5. The van der Waals surface area contributed by atoms with Gasteiger partial charge in [0.1, 0.15) is 34.1 Å². The lowest BCUT2D eigenvalue weighted by atomic mass is 10.2. The molecule has 0 unspecified atom stereocenters. The van der Waals surface area contributed by atoms with Gasteiger partial charge < -0.3 is 31.5 Å². The number of benzene rings is 3. The largest absolute Gasteiger partial charge is 0.673 e. The van der Waals surface area contributed by atoms with Crippen LogP contribution >= 0.6 is 0 Å². The van der Waals surface area contributed by atoms with E-state index in [0.29, 0.717) is 0 Å². The highest BCUT2D eigenvalue weighted by atomic mass is 32.2. The molecule has 0 aliphatic carbocycles. The average Bonchev–Trinajstić information content (AvgIpc) is 2.73. The van der Waals surface area contributed by atoms with Crippen LogP contribution in [0.1, 0.15) is 62.3 Å². The summed E-state index contributed by atoms with van der Waals surface area (Å²) in [7, 11) is -6.28. The molecule has 3 aromatic carbocycles. The second-order valence-corrected chi connectivity index (χ2v) is 13.9. The van der Waals surface area contributed by atoms with Gasteiger partial charge in [0.05, 0.1) is 10.9 Å². The summed E-state index contributed by atoms with van der Waals surface area (Å²) >= 11 is 0. The Morgan fingerprint density at radius 2 is 0.615 bits per heavy atom. The van der Waals surface area contributed by atoms with Crippen LogP contribution in [0, 0.1) is 0 Å². The molecule has 0 atom stereocenters. The lowest BCUT2D eigenvalue weighted by Crippen LogP contribution is -2.23. The number of hydrogen-bond donors (Lipinski definition) is 0. The molecule has 0 amide bonds. The van der Waals surface area contributed by atoms with Gasteiger partial charge in [0.25, 0.3) is 0 Å². The molecule has 0 fully saturated rings. The summed E-state index contributed by atoms with van der Waals surface area (Å²) < 4.78 is 57.1. The van der Waals surface area contributed by atoms with Crippen molar-refractivity contribution < 1.29 is 31.5 Å². The van der Waals surface area contributed by atoms with Crippen molar-refractivity contribution in [3.8, 4) is 17.2 Å². The van der Waals surface area contributed by atoms with Crippen molar-refractivity contribution in [3.05, 3.63) is 72.8 Å². The lowest BCUT2D eigenvalue weighted by Gasteiger charge is -2.22. The van der Waals surface area contributed by atoms with E-state index in [4.69, 9.17) is 14.2 Å². The van der Waals surface area contributed by atoms with Crippen LogP contribution in [0.5, 0.6) is 17.2 Å². The Bertz CT molecular complexity index is 1010. The van der Waals surface area contributed by atoms with Crippen molar-refractivity contribution >= 4 is 18.1 Å². The fourth-order valence-electron chi connectivity index (χ4n) is 3.40. The fourth-order valence-corrected chi connectivity index (χ4v) is 5.44. The lowest BCUT2D eigenvalue weighted by molar-refractivity contribution is 0.130. The second-order valence-electron chi connectivity index (χ2n) is 11.9. The molecule has 0 spiro atoms. The zero-order valence-corrected chi connectivity index (χ0v) is 25.0. The predicted octanol–water partition coefficient (Wildman–Crippen LogP) is 9.61. The molecular weight excluding hydrogens is 527 g/mol. The molecule has 3 rings (SSSR count). The molecule has 0 aromatic heterocycles. The van der Waals surface area contributed by atoms with Crippen LogP contribution in [0.3, 0.4) is 0 Å². The molecule has 3 nitrogen and oxygen atoms in total. The molecule has 0 saturated carbocycles. The topological polar surface area (TPSA) is 27.7 Å². The minimum absolute atomic E-state index is 0.227. The number of hydrogen-bond acceptors (Lipinski definition) is 3. The van der Waals surface area contributed by atoms with Gasteiger partial charge >= 0.3 is 7.25 Å². The molecule has 0 aliphatic rings. The molecule has 0 aliphatic heterocycles. The van der Waals surface area contributed by atoms with Crippen molar-refractivity contribution in [3.63, 3.8) is 0 Å². The third-order valence-electron chi connectivity index (χ3n) is 4.45. The molecule has 214 valence electrons. The smallest absolute Gasteiger partial charge is 0.488 e. The third kappa shape index (κ3) is 13.2. The molecule has 0 bridgehead atoms. The number of rotatable bonds is 6. The van der Waals surface area contributed by atoms with E-state index in [9.17, 15) is 17.3 Å². The van der Waals surface area contributed by atoms with Gasteiger partial charge in [-0.15, -0.1) is 0 Å². The predicted molar refractivity (Wildman–Crippen MR) is 153 cm³/mol. The number of ether oxygens (including phenoxy) is 3. The van der Waals surface area contributed by atoms with Gasteiger partial charge in [-0.3, -0.25) is 0 Å². The Balaban J connectivity index is 0.000000976. The number of halogens is 4. The third-order valence-corrected chi connectivity index (χ3v) is 6.68. The summed E-state index contributed by atoms with van der Waals surface area (Å²) in [6.07, 6.45) is 0. The summed E-state index contributed by atoms with van der Waals surface area (Å²) in [5.41, 5.74) is -0.682. The van der Waals surface area contributed by atoms with E-state index in [1.807, 2.05) is 0 Å². The minimum Gasteiger partial charge on any atom is -0.488 e. The van der Waals surface area contributed by atoms with E-state index >= 15 is 0 Å². The first kappa shape index (κ1) is 32.4.